The number of amides is 1. The van der Waals surface area contributed by atoms with Gasteiger partial charge in [0, 0.05) is 18.1 Å². The van der Waals surface area contributed by atoms with E-state index in [4.69, 9.17) is 11.6 Å². The molecule has 0 radical (unpaired) electrons. The van der Waals surface area contributed by atoms with Gasteiger partial charge >= 0.3 is 0 Å². The summed E-state index contributed by atoms with van der Waals surface area (Å²) in [6.07, 6.45) is 1.92. The first-order valence-corrected chi connectivity index (χ1v) is 6.81. The predicted octanol–water partition coefficient (Wildman–Crippen LogP) is 2.21. The molecule has 0 bridgehead atoms. The highest BCUT2D eigenvalue weighted by Crippen LogP contribution is 2.24. The fourth-order valence-corrected chi connectivity index (χ4v) is 2.59. The Labute approximate surface area is 118 Å². The highest BCUT2D eigenvalue weighted by Gasteiger charge is 2.26. The fraction of sp³-hybridized carbons (Fsp3) is 0.500. The number of carbonyl (C=O) groups excluding carboxylic acids is 1. The number of benzene rings is 1. The summed E-state index contributed by atoms with van der Waals surface area (Å²) in [7, 11) is 3.87. The molecule has 1 amide bonds. The van der Waals surface area contributed by atoms with Gasteiger partial charge in [0.15, 0.2) is 0 Å². The van der Waals surface area contributed by atoms with Crippen LogP contribution in [0.5, 0.6) is 5.75 Å². The van der Waals surface area contributed by atoms with Crippen molar-refractivity contribution in [3.63, 3.8) is 0 Å². The molecule has 2 rings (SSSR count). The molecule has 0 saturated carbocycles. The molecule has 0 unspecified atom stereocenters. The Morgan fingerprint density at radius 2 is 2.05 bits per heavy atom. The molecule has 1 fully saturated rings. The smallest absolute Gasteiger partial charge is 0.257 e. The molecule has 1 aromatic carbocycles. The van der Waals surface area contributed by atoms with Crippen molar-refractivity contribution in [1.82, 2.24) is 9.80 Å². The van der Waals surface area contributed by atoms with E-state index < -0.39 is 0 Å². The van der Waals surface area contributed by atoms with Crippen LogP contribution in [0, 0.1) is 0 Å². The summed E-state index contributed by atoms with van der Waals surface area (Å²) >= 11 is 5.88. The van der Waals surface area contributed by atoms with Crippen LogP contribution in [0.25, 0.3) is 0 Å². The Kier molecular flexibility index (Phi) is 4.32. The molecule has 0 atom stereocenters. The van der Waals surface area contributed by atoms with Gasteiger partial charge in [0.2, 0.25) is 0 Å². The van der Waals surface area contributed by atoms with Gasteiger partial charge in [0.25, 0.3) is 5.91 Å². The predicted molar refractivity (Wildman–Crippen MR) is 75.7 cm³/mol. The van der Waals surface area contributed by atoms with E-state index in [1.807, 2.05) is 0 Å². The standard InChI is InChI=1S/C14H19ClN2O2/c1-16-7-5-11(6-8-16)17(2)14(19)12-9-10(15)3-4-13(12)18/h3-4,9,11,18H,5-8H2,1-2H3. The lowest BCUT2D eigenvalue weighted by Gasteiger charge is -2.35. The van der Waals surface area contributed by atoms with Gasteiger partial charge < -0.3 is 14.9 Å². The third-order valence-electron chi connectivity index (χ3n) is 3.75. The molecule has 1 aliphatic heterocycles. The van der Waals surface area contributed by atoms with E-state index >= 15 is 0 Å². The molecular weight excluding hydrogens is 264 g/mol. The van der Waals surface area contributed by atoms with Gasteiger partial charge in [-0.25, -0.2) is 0 Å². The third-order valence-corrected chi connectivity index (χ3v) is 3.98. The fourth-order valence-electron chi connectivity index (χ4n) is 2.42. The summed E-state index contributed by atoms with van der Waals surface area (Å²) in [5.41, 5.74) is 0.272. The normalized spacial score (nSPS) is 17.4. The van der Waals surface area contributed by atoms with E-state index in [0.717, 1.165) is 25.9 Å². The summed E-state index contributed by atoms with van der Waals surface area (Å²) in [5, 5.41) is 10.2. The lowest BCUT2D eigenvalue weighted by molar-refractivity contribution is 0.0656. The largest absolute Gasteiger partial charge is 0.507 e. The van der Waals surface area contributed by atoms with Crippen molar-refractivity contribution in [2.24, 2.45) is 0 Å². The summed E-state index contributed by atoms with van der Waals surface area (Å²) < 4.78 is 0. The number of piperidine rings is 1. The van der Waals surface area contributed by atoms with E-state index in [0.29, 0.717) is 5.02 Å². The van der Waals surface area contributed by atoms with Crippen LogP contribution in [-0.2, 0) is 0 Å². The molecule has 1 heterocycles. The van der Waals surface area contributed by atoms with Crippen LogP contribution in [0.4, 0.5) is 0 Å². The summed E-state index contributed by atoms with van der Waals surface area (Å²) in [5.74, 6) is -0.191. The second kappa shape index (κ2) is 5.80. The molecule has 104 valence electrons. The first-order chi connectivity index (χ1) is 8.99. The second-order valence-corrected chi connectivity index (χ2v) is 5.55. The molecule has 1 saturated heterocycles. The minimum Gasteiger partial charge on any atom is -0.507 e. The maximum Gasteiger partial charge on any atom is 0.257 e. The van der Waals surface area contributed by atoms with Gasteiger partial charge in [0.05, 0.1) is 5.56 Å². The minimum atomic E-state index is -0.172. The number of halogens is 1. The van der Waals surface area contributed by atoms with Gasteiger partial charge in [-0.1, -0.05) is 11.6 Å². The van der Waals surface area contributed by atoms with Crippen LogP contribution in [0.2, 0.25) is 5.02 Å². The van der Waals surface area contributed by atoms with Crippen LogP contribution in [-0.4, -0.2) is 54.0 Å². The van der Waals surface area contributed by atoms with Crippen LogP contribution < -0.4 is 0 Å². The Balaban J connectivity index is 2.12. The van der Waals surface area contributed by atoms with Gasteiger partial charge in [-0.2, -0.15) is 0 Å². The van der Waals surface area contributed by atoms with Crippen LogP contribution >= 0.6 is 11.6 Å². The van der Waals surface area contributed by atoms with Gasteiger partial charge in [-0.15, -0.1) is 0 Å². The quantitative estimate of drug-likeness (QED) is 0.904. The van der Waals surface area contributed by atoms with Crippen LogP contribution in [0.15, 0.2) is 18.2 Å². The highest BCUT2D eigenvalue weighted by atomic mass is 35.5. The zero-order valence-corrected chi connectivity index (χ0v) is 12.0. The summed E-state index contributed by atoms with van der Waals surface area (Å²) in [4.78, 5) is 16.4. The number of phenols is 1. The van der Waals surface area contributed by atoms with E-state index in [1.54, 1.807) is 18.0 Å². The zero-order valence-electron chi connectivity index (χ0n) is 11.3. The number of nitrogens with zero attached hydrogens (tertiary/aromatic N) is 2. The Bertz CT molecular complexity index is 471. The van der Waals surface area contributed by atoms with E-state index in [9.17, 15) is 9.90 Å². The topological polar surface area (TPSA) is 43.8 Å². The van der Waals surface area contributed by atoms with Crippen molar-refractivity contribution in [1.29, 1.82) is 0 Å². The lowest BCUT2D eigenvalue weighted by Crippen LogP contribution is -2.44. The molecule has 1 aromatic rings. The molecular formula is C14H19ClN2O2. The number of phenolic OH excluding ortho intramolecular Hbond substituents is 1. The van der Waals surface area contributed by atoms with Crippen molar-refractivity contribution in [3.8, 4) is 5.75 Å². The number of rotatable bonds is 2. The average Bonchev–Trinajstić information content (AvgIpc) is 2.41. The molecule has 0 aromatic heterocycles. The molecule has 19 heavy (non-hydrogen) atoms. The van der Waals surface area contributed by atoms with E-state index in [-0.39, 0.29) is 23.3 Å². The second-order valence-electron chi connectivity index (χ2n) is 5.11. The number of likely N-dealkylation sites (tertiary alicyclic amines) is 1. The molecule has 5 heteroatoms. The number of aromatic hydroxyl groups is 1. The maximum absolute atomic E-state index is 12.4. The first-order valence-electron chi connectivity index (χ1n) is 6.43. The van der Waals surface area contributed by atoms with Gasteiger partial charge in [-0.3, -0.25) is 4.79 Å². The molecule has 0 spiro atoms. The summed E-state index contributed by atoms with van der Waals surface area (Å²) in [6.45, 7) is 1.98. The monoisotopic (exact) mass is 282 g/mol. The lowest BCUT2D eigenvalue weighted by atomic mass is 10.0. The highest BCUT2D eigenvalue weighted by molar-refractivity contribution is 6.31. The third kappa shape index (κ3) is 3.19. The Hall–Kier alpha value is -1.26. The first kappa shape index (κ1) is 14.2. The van der Waals surface area contributed by atoms with Gasteiger partial charge in [-0.05, 0) is 51.2 Å². The van der Waals surface area contributed by atoms with Crippen molar-refractivity contribution in [2.75, 3.05) is 27.2 Å². The van der Waals surface area contributed by atoms with Crippen molar-refractivity contribution >= 4 is 17.5 Å². The molecule has 1 N–H and O–H groups in total. The molecule has 0 aliphatic carbocycles. The van der Waals surface area contributed by atoms with Gasteiger partial charge in [0.1, 0.15) is 5.75 Å². The van der Waals surface area contributed by atoms with Crippen molar-refractivity contribution in [2.45, 2.75) is 18.9 Å². The average molecular weight is 283 g/mol. The Morgan fingerprint density at radius 1 is 1.42 bits per heavy atom. The van der Waals surface area contributed by atoms with Crippen molar-refractivity contribution < 1.29 is 9.90 Å². The molecule has 1 aliphatic rings. The minimum absolute atomic E-state index is 0.0193. The van der Waals surface area contributed by atoms with E-state index in [2.05, 4.69) is 11.9 Å². The maximum atomic E-state index is 12.4. The van der Waals surface area contributed by atoms with Crippen LogP contribution in [0.3, 0.4) is 0 Å². The van der Waals surface area contributed by atoms with E-state index in [1.165, 1.54) is 12.1 Å². The number of hydrogen-bond acceptors (Lipinski definition) is 3. The summed E-state index contributed by atoms with van der Waals surface area (Å²) in [6, 6.07) is 4.77. The number of carbonyl (C=O) groups is 1. The number of hydrogen-bond donors (Lipinski definition) is 1. The zero-order chi connectivity index (χ0) is 14.0. The SMILES string of the molecule is CN1CCC(N(C)C(=O)c2cc(Cl)ccc2O)CC1. The van der Waals surface area contributed by atoms with Crippen LogP contribution in [0.1, 0.15) is 23.2 Å². The van der Waals surface area contributed by atoms with Crippen molar-refractivity contribution in [3.05, 3.63) is 28.8 Å². The molecule has 4 nitrogen and oxygen atoms in total. The Morgan fingerprint density at radius 3 is 2.68 bits per heavy atom.